The van der Waals surface area contributed by atoms with Crippen molar-refractivity contribution in [3.63, 3.8) is 0 Å². The molecule has 2 aromatic carbocycles. The smallest absolute Gasteiger partial charge is 0.408 e. The highest BCUT2D eigenvalue weighted by atomic mass is 16.4. The molecule has 0 radical (unpaired) electrons. The molecule has 5 N–H and O–H groups in total. The number of hydrogen-bond donors (Lipinski definition) is 4. The monoisotopic (exact) mass is 397 g/mol. The highest BCUT2D eigenvalue weighted by Gasteiger charge is 2.39. The SMILES string of the molecule is NC(=O)C(Cc1ccc(-c2ccccc2)cc1)NC(=O)C1CC(O)CN1C(=O)O. The first-order chi connectivity index (χ1) is 13.8. The Labute approximate surface area is 167 Å². The molecule has 0 bridgehead atoms. The third-order valence-corrected chi connectivity index (χ3v) is 4.99. The normalized spacial score (nSPS) is 19.6. The minimum Gasteiger partial charge on any atom is -0.465 e. The van der Waals surface area contributed by atoms with Crippen LogP contribution in [0.4, 0.5) is 4.79 Å². The second-order valence-electron chi connectivity index (χ2n) is 7.07. The van der Waals surface area contributed by atoms with Crippen molar-refractivity contribution in [2.24, 2.45) is 5.73 Å². The number of rotatable bonds is 6. The number of nitrogens with one attached hydrogen (secondary N) is 1. The van der Waals surface area contributed by atoms with Crippen molar-refractivity contribution in [2.75, 3.05) is 6.54 Å². The summed E-state index contributed by atoms with van der Waals surface area (Å²) in [5, 5.41) is 21.4. The fourth-order valence-electron chi connectivity index (χ4n) is 3.46. The molecule has 8 heteroatoms. The molecular weight excluding hydrogens is 374 g/mol. The highest BCUT2D eigenvalue weighted by molar-refractivity contribution is 5.91. The molecule has 0 spiro atoms. The summed E-state index contributed by atoms with van der Waals surface area (Å²) in [6.45, 7) is -0.143. The van der Waals surface area contributed by atoms with Crippen LogP contribution in [0.2, 0.25) is 0 Å². The molecule has 2 aromatic rings. The fourth-order valence-corrected chi connectivity index (χ4v) is 3.46. The second-order valence-corrected chi connectivity index (χ2v) is 7.07. The van der Waals surface area contributed by atoms with Gasteiger partial charge in [-0.2, -0.15) is 0 Å². The van der Waals surface area contributed by atoms with Gasteiger partial charge >= 0.3 is 6.09 Å². The highest BCUT2D eigenvalue weighted by Crippen LogP contribution is 2.21. The Morgan fingerprint density at radius 2 is 1.69 bits per heavy atom. The number of nitrogens with two attached hydrogens (primary N) is 1. The number of carboxylic acid groups (broad SMARTS) is 1. The van der Waals surface area contributed by atoms with Gasteiger partial charge in [-0.25, -0.2) is 4.79 Å². The van der Waals surface area contributed by atoms with E-state index in [1.54, 1.807) is 0 Å². The number of benzene rings is 2. The summed E-state index contributed by atoms with van der Waals surface area (Å²) in [5.74, 6) is -1.36. The van der Waals surface area contributed by atoms with Crippen molar-refractivity contribution in [1.82, 2.24) is 10.2 Å². The number of carbonyl (C=O) groups is 3. The van der Waals surface area contributed by atoms with Crippen molar-refractivity contribution in [3.8, 4) is 11.1 Å². The van der Waals surface area contributed by atoms with Crippen LogP contribution in [-0.4, -0.2) is 57.8 Å². The Kier molecular flexibility index (Phi) is 6.13. The van der Waals surface area contributed by atoms with Gasteiger partial charge in [-0.05, 0) is 16.7 Å². The molecule has 0 saturated carbocycles. The first kappa shape index (κ1) is 20.3. The fraction of sp³-hybridized carbons (Fsp3) is 0.286. The summed E-state index contributed by atoms with van der Waals surface area (Å²) in [4.78, 5) is 36.5. The Morgan fingerprint density at radius 3 is 2.28 bits per heavy atom. The predicted octanol–water partition coefficient (Wildman–Crippen LogP) is 0.979. The van der Waals surface area contributed by atoms with E-state index >= 15 is 0 Å². The maximum absolute atomic E-state index is 12.5. The quantitative estimate of drug-likeness (QED) is 0.577. The predicted molar refractivity (Wildman–Crippen MR) is 106 cm³/mol. The molecule has 1 aliphatic rings. The van der Waals surface area contributed by atoms with E-state index < -0.39 is 36.1 Å². The Balaban J connectivity index is 1.68. The summed E-state index contributed by atoms with van der Waals surface area (Å²) in [5.41, 5.74) is 8.32. The molecule has 8 nitrogen and oxygen atoms in total. The molecule has 1 aliphatic heterocycles. The van der Waals surface area contributed by atoms with Gasteiger partial charge in [0, 0.05) is 12.8 Å². The van der Waals surface area contributed by atoms with E-state index in [0.29, 0.717) is 0 Å². The number of β-amino-alcohol motifs (C(OH)–C–C–N with tert-alkyl or cyclic N) is 1. The van der Waals surface area contributed by atoms with Crippen molar-refractivity contribution in [3.05, 3.63) is 60.2 Å². The van der Waals surface area contributed by atoms with Gasteiger partial charge in [-0.3, -0.25) is 14.5 Å². The Hall–Kier alpha value is -3.39. The zero-order chi connectivity index (χ0) is 21.0. The van der Waals surface area contributed by atoms with E-state index in [4.69, 9.17) is 5.73 Å². The van der Waals surface area contributed by atoms with Gasteiger partial charge in [-0.15, -0.1) is 0 Å². The molecule has 3 amide bonds. The third kappa shape index (κ3) is 4.91. The van der Waals surface area contributed by atoms with Gasteiger partial charge in [0.05, 0.1) is 12.6 Å². The summed E-state index contributed by atoms with van der Waals surface area (Å²) in [6.07, 6.45) is -2.05. The molecular formula is C21H23N3O5. The number of hydrogen-bond acceptors (Lipinski definition) is 4. The van der Waals surface area contributed by atoms with Gasteiger partial charge in [0.2, 0.25) is 11.8 Å². The lowest BCUT2D eigenvalue weighted by Crippen LogP contribution is -2.52. The Bertz CT molecular complexity index is 885. The van der Waals surface area contributed by atoms with Crippen molar-refractivity contribution in [2.45, 2.75) is 31.0 Å². The standard InChI is InChI=1S/C21H23N3O5/c22-19(26)17(23-20(27)18-11-16(25)12-24(18)21(28)29)10-13-6-8-15(9-7-13)14-4-2-1-3-5-14/h1-9,16-18,25H,10-12H2,(H2,22,26)(H,23,27)(H,28,29). The van der Waals surface area contributed by atoms with Crippen LogP contribution >= 0.6 is 0 Å². The number of primary amides is 1. The van der Waals surface area contributed by atoms with E-state index in [9.17, 15) is 24.6 Å². The number of amides is 3. The van der Waals surface area contributed by atoms with Crippen molar-refractivity contribution in [1.29, 1.82) is 0 Å². The number of nitrogens with zero attached hydrogens (tertiary/aromatic N) is 1. The van der Waals surface area contributed by atoms with Gasteiger partial charge in [0.1, 0.15) is 12.1 Å². The lowest BCUT2D eigenvalue weighted by Gasteiger charge is -2.23. The van der Waals surface area contributed by atoms with Crippen molar-refractivity contribution >= 4 is 17.9 Å². The lowest BCUT2D eigenvalue weighted by atomic mass is 10.00. The number of aliphatic hydroxyl groups is 1. The molecule has 3 unspecified atom stereocenters. The third-order valence-electron chi connectivity index (χ3n) is 4.99. The summed E-state index contributed by atoms with van der Waals surface area (Å²) >= 11 is 0. The number of likely N-dealkylation sites (tertiary alicyclic amines) is 1. The molecule has 0 aliphatic carbocycles. The van der Waals surface area contributed by atoms with Crippen LogP contribution in [0.3, 0.4) is 0 Å². The van der Waals surface area contributed by atoms with E-state index in [2.05, 4.69) is 5.32 Å². The van der Waals surface area contributed by atoms with Crippen LogP contribution in [0.5, 0.6) is 0 Å². The minimum atomic E-state index is -1.30. The molecule has 0 aromatic heterocycles. The molecule has 3 atom stereocenters. The van der Waals surface area contributed by atoms with Crippen molar-refractivity contribution < 1.29 is 24.6 Å². The van der Waals surface area contributed by atoms with Gasteiger partial charge < -0.3 is 21.3 Å². The van der Waals surface area contributed by atoms with E-state index in [0.717, 1.165) is 21.6 Å². The second kappa shape index (κ2) is 8.74. The molecule has 152 valence electrons. The maximum atomic E-state index is 12.5. The molecule has 29 heavy (non-hydrogen) atoms. The van der Waals surface area contributed by atoms with Gasteiger partial charge in [0.25, 0.3) is 0 Å². The average molecular weight is 397 g/mol. The van der Waals surface area contributed by atoms with Crippen LogP contribution in [0.15, 0.2) is 54.6 Å². The Morgan fingerprint density at radius 1 is 1.07 bits per heavy atom. The molecule has 3 rings (SSSR count). The summed E-state index contributed by atoms with van der Waals surface area (Å²) < 4.78 is 0. The summed E-state index contributed by atoms with van der Waals surface area (Å²) in [7, 11) is 0. The van der Waals surface area contributed by atoms with Crippen LogP contribution in [-0.2, 0) is 16.0 Å². The minimum absolute atomic E-state index is 0.0185. The zero-order valence-corrected chi connectivity index (χ0v) is 15.7. The topological polar surface area (TPSA) is 133 Å². The van der Waals surface area contributed by atoms with Crippen LogP contribution < -0.4 is 11.1 Å². The zero-order valence-electron chi connectivity index (χ0n) is 15.7. The average Bonchev–Trinajstić information content (AvgIpc) is 3.11. The largest absolute Gasteiger partial charge is 0.465 e. The molecule has 1 saturated heterocycles. The van der Waals surface area contributed by atoms with E-state index in [1.807, 2.05) is 54.6 Å². The number of aliphatic hydroxyl groups excluding tert-OH is 1. The lowest BCUT2D eigenvalue weighted by molar-refractivity contribution is -0.129. The molecule has 1 fully saturated rings. The van der Waals surface area contributed by atoms with E-state index in [-0.39, 0.29) is 19.4 Å². The molecule has 1 heterocycles. The first-order valence-electron chi connectivity index (χ1n) is 9.27. The van der Waals surface area contributed by atoms with Crippen LogP contribution in [0, 0.1) is 0 Å². The number of carbonyl (C=O) groups excluding carboxylic acids is 2. The van der Waals surface area contributed by atoms with Crippen LogP contribution in [0.1, 0.15) is 12.0 Å². The first-order valence-corrected chi connectivity index (χ1v) is 9.27. The maximum Gasteiger partial charge on any atom is 0.408 e. The van der Waals surface area contributed by atoms with Crippen LogP contribution in [0.25, 0.3) is 11.1 Å². The van der Waals surface area contributed by atoms with E-state index in [1.165, 1.54) is 0 Å². The van der Waals surface area contributed by atoms with Gasteiger partial charge in [-0.1, -0.05) is 54.6 Å². The summed E-state index contributed by atoms with van der Waals surface area (Å²) in [6, 6.07) is 15.3. The van der Waals surface area contributed by atoms with Gasteiger partial charge in [0.15, 0.2) is 0 Å².